The Morgan fingerprint density at radius 2 is 2.21 bits per heavy atom. The van der Waals surface area contributed by atoms with Crippen LogP contribution < -0.4 is 10.1 Å². The maximum Gasteiger partial charge on any atom is 0.261 e. The van der Waals surface area contributed by atoms with E-state index in [4.69, 9.17) is 21.4 Å². The minimum absolute atomic E-state index is 0.00938. The van der Waals surface area contributed by atoms with Crippen molar-refractivity contribution in [3.05, 3.63) is 49.7 Å². The molecular formula is C22H26ClNO4S. The molecular weight excluding hydrogens is 410 g/mol. The normalized spacial score (nSPS) is 22.0. The van der Waals surface area contributed by atoms with E-state index in [-0.39, 0.29) is 19.1 Å². The fraction of sp³-hybridized carbons (Fsp3) is 0.500. The van der Waals surface area contributed by atoms with Crippen LogP contribution in [0.5, 0.6) is 5.75 Å². The topological polar surface area (TPSA) is 78.8 Å². The maximum absolute atomic E-state index is 12.8. The molecule has 2 aliphatic rings. The van der Waals surface area contributed by atoms with Gasteiger partial charge in [-0.15, -0.1) is 11.3 Å². The average molecular weight is 436 g/mol. The quantitative estimate of drug-likeness (QED) is 0.620. The van der Waals surface area contributed by atoms with Gasteiger partial charge in [-0.05, 0) is 59.4 Å². The number of ether oxygens (including phenoxy) is 1. The van der Waals surface area contributed by atoms with Crippen LogP contribution in [0.3, 0.4) is 0 Å². The summed E-state index contributed by atoms with van der Waals surface area (Å²) in [6, 6.07) is 5.18. The summed E-state index contributed by atoms with van der Waals surface area (Å²) in [5, 5.41) is 21.7. The molecule has 0 radical (unpaired) electrons. The monoisotopic (exact) mass is 435 g/mol. The summed E-state index contributed by atoms with van der Waals surface area (Å²) >= 11 is 7.92. The predicted octanol–water partition coefficient (Wildman–Crippen LogP) is 3.67. The van der Waals surface area contributed by atoms with Crippen LogP contribution >= 0.6 is 22.9 Å². The third-order valence-electron chi connectivity index (χ3n) is 6.34. The lowest BCUT2D eigenvalue weighted by atomic mass is 9.95. The number of fused-ring (bicyclic) bond motifs is 3. The summed E-state index contributed by atoms with van der Waals surface area (Å²) in [5.41, 5.74) is 3.83. The summed E-state index contributed by atoms with van der Waals surface area (Å²) in [6.45, 7) is 6.74. The Morgan fingerprint density at radius 3 is 2.90 bits per heavy atom. The minimum Gasteiger partial charge on any atom is -0.491 e. The van der Waals surface area contributed by atoms with E-state index >= 15 is 0 Å². The summed E-state index contributed by atoms with van der Waals surface area (Å²) in [4.78, 5) is 15.0. The van der Waals surface area contributed by atoms with Gasteiger partial charge in [0.15, 0.2) is 0 Å². The second-order valence-corrected chi connectivity index (χ2v) is 10.2. The van der Waals surface area contributed by atoms with Crippen molar-refractivity contribution in [2.45, 2.75) is 45.8 Å². The summed E-state index contributed by atoms with van der Waals surface area (Å²) in [7, 11) is 0. The molecule has 0 bridgehead atoms. The van der Waals surface area contributed by atoms with Crippen molar-refractivity contribution >= 4 is 28.8 Å². The van der Waals surface area contributed by atoms with Gasteiger partial charge in [0.1, 0.15) is 18.5 Å². The SMILES string of the molecule is Cc1sc(C(=O)NCc2ccc(OC[C@H](O)CO)cc2Cl)c2c1[C@H]1[C@@H](C2)C1(C)C. The highest BCUT2D eigenvalue weighted by atomic mass is 35.5. The van der Waals surface area contributed by atoms with Crippen molar-refractivity contribution in [1.29, 1.82) is 0 Å². The van der Waals surface area contributed by atoms with Crippen LogP contribution in [0.4, 0.5) is 0 Å². The van der Waals surface area contributed by atoms with Crippen LogP contribution in [0.15, 0.2) is 18.2 Å². The first-order valence-electron chi connectivity index (χ1n) is 9.84. The number of hydrogen-bond donors (Lipinski definition) is 3. The van der Waals surface area contributed by atoms with Crippen LogP contribution in [0, 0.1) is 18.3 Å². The average Bonchev–Trinajstić information content (AvgIpc) is 3.02. The molecule has 1 heterocycles. The Hall–Kier alpha value is -1.60. The van der Waals surface area contributed by atoms with Crippen LogP contribution in [0.1, 0.15) is 51.0 Å². The maximum atomic E-state index is 12.8. The zero-order valence-electron chi connectivity index (χ0n) is 16.8. The Labute approximate surface area is 179 Å². The second-order valence-electron chi connectivity index (χ2n) is 8.57. The van der Waals surface area contributed by atoms with Gasteiger partial charge in [0.2, 0.25) is 0 Å². The Kier molecular flexibility index (Phi) is 5.40. The molecule has 0 spiro atoms. The number of thiophene rings is 1. The smallest absolute Gasteiger partial charge is 0.261 e. The van der Waals surface area contributed by atoms with Crippen LogP contribution in [0.25, 0.3) is 0 Å². The van der Waals surface area contributed by atoms with E-state index in [1.54, 1.807) is 29.5 Å². The van der Waals surface area contributed by atoms with Gasteiger partial charge in [-0.2, -0.15) is 0 Å². The van der Waals surface area contributed by atoms with Gasteiger partial charge in [-0.1, -0.05) is 31.5 Å². The van der Waals surface area contributed by atoms with Gasteiger partial charge in [-0.3, -0.25) is 4.79 Å². The number of aliphatic hydroxyl groups excluding tert-OH is 2. The number of carbonyl (C=O) groups is 1. The Bertz CT molecular complexity index is 955. The molecule has 2 aliphatic carbocycles. The first-order chi connectivity index (χ1) is 13.7. The fourth-order valence-corrected chi connectivity index (χ4v) is 5.96. The molecule has 0 saturated heterocycles. The van der Waals surface area contributed by atoms with E-state index < -0.39 is 6.10 Å². The van der Waals surface area contributed by atoms with Crippen molar-refractivity contribution in [3.63, 3.8) is 0 Å². The largest absolute Gasteiger partial charge is 0.491 e. The first-order valence-corrected chi connectivity index (χ1v) is 11.0. The third kappa shape index (κ3) is 3.67. The van der Waals surface area contributed by atoms with Crippen molar-refractivity contribution in [3.8, 4) is 5.75 Å². The molecule has 1 amide bonds. The van der Waals surface area contributed by atoms with E-state index in [0.29, 0.717) is 34.6 Å². The summed E-state index contributed by atoms with van der Waals surface area (Å²) < 4.78 is 5.39. The predicted molar refractivity (Wildman–Crippen MR) is 114 cm³/mol. The van der Waals surface area contributed by atoms with Gasteiger partial charge >= 0.3 is 0 Å². The standard InChI is InChI=1S/C22H26ClNO4S/c1-11-18-15(7-16-19(18)22(16,2)3)20(29-11)21(27)24-8-12-4-5-14(6-17(12)23)28-10-13(26)9-25/h4-6,13,16,19,25-26H,7-10H2,1-3H3,(H,24,27)/t13-,16-,19-/m1/s1. The zero-order chi connectivity index (χ0) is 20.9. The van der Waals surface area contributed by atoms with Gasteiger partial charge in [-0.25, -0.2) is 0 Å². The summed E-state index contributed by atoms with van der Waals surface area (Å²) in [5.74, 6) is 1.76. The first kappa shape index (κ1) is 20.7. The van der Waals surface area contributed by atoms with Gasteiger partial charge < -0.3 is 20.3 Å². The molecule has 7 heteroatoms. The lowest BCUT2D eigenvalue weighted by Gasteiger charge is -2.12. The van der Waals surface area contributed by atoms with Gasteiger partial charge in [0.05, 0.1) is 11.5 Å². The van der Waals surface area contributed by atoms with Crippen molar-refractivity contribution in [2.75, 3.05) is 13.2 Å². The van der Waals surface area contributed by atoms with Crippen molar-refractivity contribution in [2.24, 2.45) is 11.3 Å². The highest BCUT2D eigenvalue weighted by molar-refractivity contribution is 7.14. The number of halogens is 1. The van der Waals surface area contributed by atoms with Crippen LogP contribution in [-0.4, -0.2) is 35.4 Å². The minimum atomic E-state index is -0.930. The second kappa shape index (κ2) is 7.58. The fourth-order valence-electron chi connectivity index (χ4n) is 4.58. The van der Waals surface area contributed by atoms with Gasteiger partial charge in [0.25, 0.3) is 5.91 Å². The molecule has 3 atom stereocenters. The molecule has 0 aliphatic heterocycles. The lowest BCUT2D eigenvalue weighted by Crippen LogP contribution is -2.23. The molecule has 4 rings (SSSR count). The highest BCUT2D eigenvalue weighted by Crippen LogP contribution is 2.71. The van der Waals surface area contributed by atoms with E-state index in [2.05, 4.69) is 26.1 Å². The van der Waals surface area contributed by atoms with E-state index in [1.165, 1.54) is 16.0 Å². The number of aliphatic hydroxyl groups is 2. The number of nitrogens with one attached hydrogen (secondary N) is 1. The van der Waals surface area contributed by atoms with Crippen molar-refractivity contribution < 1.29 is 19.7 Å². The Morgan fingerprint density at radius 1 is 1.45 bits per heavy atom. The third-order valence-corrected chi connectivity index (χ3v) is 7.86. The molecule has 5 nitrogen and oxygen atoms in total. The van der Waals surface area contributed by atoms with E-state index in [0.717, 1.165) is 16.9 Å². The molecule has 1 aromatic heterocycles. The highest BCUT2D eigenvalue weighted by Gasteiger charge is 2.63. The van der Waals surface area contributed by atoms with Crippen molar-refractivity contribution in [1.82, 2.24) is 5.32 Å². The lowest BCUT2D eigenvalue weighted by molar-refractivity contribution is 0.0536. The number of amides is 1. The molecule has 1 saturated carbocycles. The number of benzene rings is 1. The molecule has 1 fully saturated rings. The summed E-state index contributed by atoms with van der Waals surface area (Å²) in [6.07, 6.45) is 0.0763. The number of hydrogen-bond acceptors (Lipinski definition) is 5. The molecule has 156 valence electrons. The van der Waals surface area contributed by atoms with E-state index in [1.807, 2.05) is 0 Å². The molecule has 3 N–H and O–H groups in total. The van der Waals surface area contributed by atoms with Gasteiger partial charge in [0, 0.05) is 16.4 Å². The Balaban J connectivity index is 1.40. The molecule has 1 aromatic carbocycles. The van der Waals surface area contributed by atoms with Crippen LogP contribution in [0.2, 0.25) is 5.02 Å². The molecule has 2 aromatic rings. The van der Waals surface area contributed by atoms with E-state index in [9.17, 15) is 9.90 Å². The number of aryl methyl sites for hydroxylation is 1. The number of rotatable bonds is 7. The van der Waals surface area contributed by atoms with Crippen LogP contribution in [-0.2, 0) is 13.0 Å². The number of carbonyl (C=O) groups excluding carboxylic acids is 1. The zero-order valence-corrected chi connectivity index (χ0v) is 18.4. The molecule has 0 unspecified atom stereocenters. The molecule has 29 heavy (non-hydrogen) atoms.